The summed E-state index contributed by atoms with van der Waals surface area (Å²) in [5.41, 5.74) is 0.981. The summed E-state index contributed by atoms with van der Waals surface area (Å²) in [6.07, 6.45) is 1.83. The molecule has 0 spiro atoms. The Kier molecular flexibility index (Phi) is 2.40. The highest BCUT2D eigenvalue weighted by atomic mass is 35.5. The zero-order chi connectivity index (χ0) is 9.54. The van der Waals surface area contributed by atoms with E-state index in [2.05, 4.69) is 4.57 Å². The van der Waals surface area contributed by atoms with E-state index in [1.165, 1.54) is 0 Å². The van der Waals surface area contributed by atoms with Crippen molar-refractivity contribution in [2.24, 2.45) is 0 Å². The molecule has 3 rings (SSSR count). The lowest BCUT2D eigenvalue weighted by Gasteiger charge is -2.19. The Bertz CT molecular complexity index is 552. The van der Waals surface area contributed by atoms with Gasteiger partial charge in [0.05, 0.1) is 12.1 Å². The molecule has 1 aliphatic rings. The third kappa shape index (κ3) is 1.39. The zero-order valence-corrected chi connectivity index (χ0v) is 8.79. The molecular weight excluding hydrogens is 214 g/mol. The lowest BCUT2D eigenvalue weighted by Crippen LogP contribution is -2.18. The SMILES string of the molecule is Cl.O=c1ccn2c3c(cccc13)OCC2. The van der Waals surface area contributed by atoms with Crippen LogP contribution in [0.3, 0.4) is 0 Å². The van der Waals surface area contributed by atoms with Gasteiger partial charge >= 0.3 is 0 Å². The van der Waals surface area contributed by atoms with Crippen LogP contribution in [0.5, 0.6) is 5.75 Å². The molecule has 3 nitrogen and oxygen atoms in total. The lowest BCUT2D eigenvalue weighted by atomic mass is 10.2. The second-order valence-electron chi connectivity index (χ2n) is 3.37. The second-order valence-corrected chi connectivity index (χ2v) is 3.37. The van der Waals surface area contributed by atoms with Crippen molar-refractivity contribution in [1.82, 2.24) is 4.57 Å². The standard InChI is InChI=1S/C11H9NO2.ClH/c13-9-4-5-12-6-7-14-10-3-1-2-8(9)11(10)12;/h1-5H,6-7H2;1H. The van der Waals surface area contributed by atoms with Crippen molar-refractivity contribution >= 4 is 23.3 Å². The predicted octanol–water partition coefficient (Wildman–Crippen LogP) is 1.82. The van der Waals surface area contributed by atoms with Gasteiger partial charge in [-0.1, -0.05) is 6.07 Å². The molecule has 2 heterocycles. The summed E-state index contributed by atoms with van der Waals surface area (Å²) in [6.45, 7) is 1.49. The topological polar surface area (TPSA) is 31.2 Å². The number of aromatic nitrogens is 1. The zero-order valence-electron chi connectivity index (χ0n) is 7.97. The maximum absolute atomic E-state index is 11.6. The van der Waals surface area contributed by atoms with Crippen LogP contribution in [-0.2, 0) is 6.54 Å². The van der Waals surface area contributed by atoms with Gasteiger partial charge in [0.1, 0.15) is 12.4 Å². The first-order valence-electron chi connectivity index (χ1n) is 4.61. The fourth-order valence-corrected chi connectivity index (χ4v) is 1.90. The summed E-state index contributed by atoms with van der Waals surface area (Å²) < 4.78 is 7.56. The normalized spacial score (nSPS) is 13.1. The molecule has 0 bridgehead atoms. The molecule has 1 aromatic heterocycles. The van der Waals surface area contributed by atoms with Crippen LogP contribution in [0.2, 0.25) is 0 Å². The Balaban J connectivity index is 0.000000853. The number of ether oxygens (including phenoxy) is 1. The van der Waals surface area contributed by atoms with Crippen molar-refractivity contribution in [1.29, 1.82) is 0 Å². The van der Waals surface area contributed by atoms with Crippen LogP contribution in [0, 0.1) is 0 Å². The van der Waals surface area contributed by atoms with Gasteiger partial charge < -0.3 is 9.30 Å². The summed E-state index contributed by atoms with van der Waals surface area (Å²) in [6, 6.07) is 7.20. The third-order valence-electron chi connectivity index (χ3n) is 2.55. The molecule has 78 valence electrons. The minimum atomic E-state index is 0. The number of pyridine rings is 1. The van der Waals surface area contributed by atoms with Crippen molar-refractivity contribution in [2.75, 3.05) is 6.61 Å². The largest absolute Gasteiger partial charge is 0.490 e. The Morgan fingerprint density at radius 1 is 1.27 bits per heavy atom. The van der Waals surface area contributed by atoms with Gasteiger partial charge in [0.25, 0.3) is 0 Å². The van der Waals surface area contributed by atoms with E-state index >= 15 is 0 Å². The Morgan fingerprint density at radius 2 is 2.13 bits per heavy atom. The van der Waals surface area contributed by atoms with Gasteiger partial charge in [0, 0.05) is 17.6 Å². The molecule has 0 unspecified atom stereocenters. The van der Waals surface area contributed by atoms with E-state index in [4.69, 9.17) is 4.74 Å². The smallest absolute Gasteiger partial charge is 0.189 e. The minimum absolute atomic E-state index is 0. The van der Waals surface area contributed by atoms with Crippen molar-refractivity contribution in [3.63, 3.8) is 0 Å². The van der Waals surface area contributed by atoms with Crippen LogP contribution < -0.4 is 10.2 Å². The monoisotopic (exact) mass is 223 g/mol. The summed E-state index contributed by atoms with van der Waals surface area (Å²) in [5, 5.41) is 0.740. The highest BCUT2D eigenvalue weighted by Gasteiger charge is 2.12. The predicted molar refractivity (Wildman–Crippen MR) is 61.0 cm³/mol. The van der Waals surface area contributed by atoms with Gasteiger partial charge in [-0.05, 0) is 12.1 Å². The van der Waals surface area contributed by atoms with Gasteiger partial charge in [0.2, 0.25) is 0 Å². The van der Waals surface area contributed by atoms with Gasteiger partial charge in [-0.2, -0.15) is 0 Å². The first-order chi connectivity index (χ1) is 6.86. The molecule has 0 aliphatic carbocycles. The van der Waals surface area contributed by atoms with Crippen LogP contribution >= 0.6 is 12.4 Å². The first kappa shape index (κ1) is 10.1. The molecule has 4 heteroatoms. The highest BCUT2D eigenvalue weighted by molar-refractivity contribution is 5.85. The lowest BCUT2D eigenvalue weighted by molar-refractivity contribution is 0.286. The maximum atomic E-state index is 11.6. The molecule has 15 heavy (non-hydrogen) atoms. The van der Waals surface area contributed by atoms with Crippen LogP contribution in [0.15, 0.2) is 35.3 Å². The van der Waals surface area contributed by atoms with E-state index in [1.807, 2.05) is 24.4 Å². The van der Waals surface area contributed by atoms with Gasteiger partial charge in [0.15, 0.2) is 5.43 Å². The molecule has 0 fully saturated rings. The number of hydrogen-bond acceptors (Lipinski definition) is 2. The van der Waals surface area contributed by atoms with Crippen LogP contribution in [0.1, 0.15) is 0 Å². The van der Waals surface area contributed by atoms with Gasteiger partial charge in [-0.3, -0.25) is 4.79 Å². The molecule has 1 aliphatic heterocycles. The number of hydrogen-bond donors (Lipinski definition) is 0. The average molecular weight is 224 g/mol. The quantitative estimate of drug-likeness (QED) is 0.682. The van der Waals surface area contributed by atoms with E-state index in [0.29, 0.717) is 6.61 Å². The van der Waals surface area contributed by atoms with Gasteiger partial charge in [-0.25, -0.2) is 0 Å². The van der Waals surface area contributed by atoms with Crippen molar-refractivity contribution < 1.29 is 4.74 Å². The molecule has 2 aromatic rings. The summed E-state index contributed by atoms with van der Waals surface area (Å²) in [7, 11) is 0. The van der Waals surface area contributed by atoms with Crippen LogP contribution in [-0.4, -0.2) is 11.2 Å². The number of benzene rings is 1. The molecule has 0 atom stereocenters. The number of halogens is 1. The van der Waals surface area contributed by atoms with E-state index in [-0.39, 0.29) is 17.8 Å². The van der Waals surface area contributed by atoms with Crippen LogP contribution in [0.25, 0.3) is 10.9 Å². The molecule has 0 N–H and O–H groups in total. The molecule has 0 saturated carbocycles. The highest BCUT2D eigenvalue weighted by Crippen LogP contribution is 2.25. The second kappa shape index (κ2) is 3.59. The van der Waals surface area contributed by atoms with E-state index in [1.54, 1.807) is 6.07 Å². The van der Waals surface area contributed by atoms with E-state index in [9.17, 15) is 4.79 Å². The van der Waals surface area contributed by atoms with Crippen LogP contribution in [0.4, 0.5) is 0 Å². The Morgan fingerprint density at radius 3 is 3.00 bits per heavy atom. The molecule has 0 radical (unpaired) electrons. The van der Waals surface area contributed by atoms with Crippen molar-refractivity contribution in [3.05, 3.63) is 40.7 Å². The fraction of sp³-hybridized carbons (Fsp3) is 0.182. The van der Waals surface area contributed by atoms with E-state index < -0.39 is 0 Å². The van der Waals surface area contributed by atoms with Crippen molar-refractivity contribution in [3.8, 4) is 5.75 Å². The number of nitrogens with zero attached hydrogens (tertiary/aromatic N) is 1. The Hall–Kier alpha value is -1.48. The fourth-order valence-electron chi connectivity index (χ4n) is 1.90. The Labute approximate surface area is 92.7 Å². The molecule has 1 aromatic carbocycles. The summed E-state index contributed by atoms with van der Waals surface area (Å²) in [4.78, 5) is 11.6. The maximum Gasteiger partial charge on any atom is 0.189 e. The van der Waals surface area contributed by atoms with Crippen molar-refractivity contribution in [2.45, 2.75) is 6.54 Å². The van der Waals surface area contributed by atoms with E-state index in [0.717, 1.165) is 23.2 Å². The average Bonchev–Trinajstić information content (AvgIpc) is 2.24. The molecule has 0 saturated heterocycles. The summed E-state index contributed by atoms with van der Waals surface area (Å²) >= 11 is 0. The molecular formula is C11H10ClNO2. The summed E-state index contributed by atoms with van der Waals surface area (Å²) in [5.74, 6) is 0.812. The molecule has 0 amide bonds. The minimum Gasteiger partial charge on any atom is -0.490 e. The van der Waals surface area contributed by atoms with Gasteiger partial charge in [-0.15, -0.1) is 12.4 Å². The first-order valence-corrected chi connectivity index (χ1v) is 4.61. The third-order valence-corrected chi connectivity index (χ3v) is 2.55. The number of para-hydroxylation sites is 1. The number of rotatable bonds is 0.